The van der Waals surface area contributed by atoms with Crippen LogP contribution in [0.4, 0.5) is 17.5 Å². The van der Waals surface area contributed by atoms with Crippen molar-refractivity contribution in [3.05, 3.63) is 66.2 Å². The van der Waals surface area contributed by atoms with Gasteiger partial charge in [0.05, 0.1) is 5.69 Å². The predicted octanol–water partition coefficient (Wildman–Crippen LogP) is 4.90. The summed E-state index contributed by atoms with van der Waals surface area (Å²) in [5.74, 6) is 1.38. The van der Waals surface area contributed by atoms with E-state index in [0.29, 0.717) is 5.95 Å². The van der Waals surface area contributed by atoms with Crippen LogP contribution < -0.4 is 10.6 Å². The summed E-state index contributed by atoms with van der Waals surface area (Å²) < 4.78 is 5.11. The van der Waals surface area contributed by atoms with Crippen molar-refractivity contribution in [3.8, 4) is 11.3 Å². The average molecular weight is 362 g/mol. The van der Waals surface area contributed by atoms with Crippen LogP contribution >= 0.6 is 0 Å². The maximum absolute atomic E-state index is 5.11. The third-order valence-corrected chi connectivity index (χ3v) is 4.25. The minimum absolute atomic E-state index is 0.579. The molecule has 5 nitrogen and oxygen atoms in total. The lowest BCUT2D eigenvalue weighted by atomic mass is 10.1. The van der Waals surface area contributed by atoms with Gasteiger partial charge in [0, 0.05) is 37.6 Å². The Balaban J connectivity index is 1.84. The van der Waals surface area contributed by atoms with Gasteiger partial charge in [0.15, 0.2) is 0 Å². The topological polar surface area (TPSA) is 59.1 Å². The molecule has 0 aliphatic rings. The largest absolute Gasteiger partial charge is 0.385 e. The SMILES string of the molecule is CCc1ccc(Nc2nc(NCCCOC)cc(-c3ccccc3)n2)cc1. The van der Waals surface area contributed by atoms with Gasteiger partial charge < -0.3 is 15.4 Å². The molecule has 3 rings (SSSR count). The molecule has 0 spiro atoms. The van der Waals surface area contributed by atoms with E-state index >= 15 is 0 Å². The molecule has 0 radical (unpaired) electrons. The second kappa shape index (κ2) is 9.69. The number of aryl methyl sites for hydroxylation is 1. The van der Waals surface area contributed by atoms with E-state index in [0.717, 1.165) is 48.8 Å². The zero-order chi connectivity index (χ0) is 18.9. The lowest BCUT2D eigenvalue weighted by molar-refractivity contribution is 0.198. The lowest BCUT2D eigenvalue weighted by Gasteiger charge is -2.12. The number of benzene rings is 2. The van der Waals surface area contributed by atoms with Crippen molar-refractivity contribution in [1.82, 2.24) is 9.97 Å². The van der Waals surface area contributed by atoms with Crippen molar-refractivity contribution >= 4 is 17.5 Å². The molecule has 0 saturated carbocycles. The van der Waals surface area contributed by atoms with Crippen molar-refractivity contribution in [3.63, 3.8) is 0 Å². The normalized spacial score (nSPS) is 10.6. The molecule has 2 N–H and O–H groups in total. The molecule has 1 aromatic heterocycles. The minimum Gasteiger partial charge on any atom is -0.385 e. The standard InChI is InChI=1S/C22H26N4O/c1-3-17-10-12-19(13-11-17)24-22-25-20(18-8-5-4-6-9-18)16-21(26-22)23-14-7-15-27-2/h4-6,8-13,16H,3,7,14-15H2,1-2H3,(H2,23,24,25,26). The van der Waals surface area contributed by atoms with Crippen LogP contribution in [-0.2, 0) is 11.2 Å². The number of nitrogens with one attached hydrogen (secondary N) is 2. The van der Waals surface area contributed by atoms with Gasteiger partial charge in [-0.05, 0) is 30.5 Å². The van der Waals surface area contributed by atoms with E-state index in [9.17, 15) is 0 Å². The van der Waals surface area contributed by atoms with E-state index in [1.165, 1.54) is 5.56 Å². The Bertz CT molecular complexity index is 835. The van der Waals surface area contributed by atoms with Gasteiger partial charge >= 0.3 is 0 Å². The summed E-state index contributed by atoms with van der Waals surface area (Å²) in [6.07, 6.45) is 1.94. The second-order valence-electron chi connectivity index (χ2n) is 6.28. The van der Waals surface area contributed by atoms with E-state index in [4.69, 9.17) is 9.72 Å². The summed E-state index contributed by atoms with van der Waals surface area (Å²) in [6, 6.07) is 20.5. The molecule has 0 unspecified atom stereocenters. The number of methoxy groups -OCH3 is 1. The number of aromatic nitrogens is 2. The maximum atomic E-state index is 5.11. The third-order valence-electron chi connectivity index (χ3n) is 4.25. The summed E-state index contributed by atoms with van der Waals surface area (Å²) in [6.45, 7) is 3.67. The number of anilines is 3. The van der Waals surface area contributed by atoms with Crippen molar-refractivity contribution < 1.29 is 4.74 Å². The molecule has 1 heterocycles. The van der Waals surface area contributed by atoms with Gasteiger partial charge in [0.25, 0.3) is 0 Å². The van der Waals surface area contributed by atoms with Crippen molar-refractivity contribution in [2.45, 2.75) is 19.8 Å². The van der Waals surface area contributed by atoms with Crippen LogP contribution in [0.25, 0.3) is 11.3 Å². The molecule has 0 amide bonds. The summed E-state index contributed by atoms with van der Waals surface area (Å²) in [5, 5.41) is 6.68. The first-order chi connectivity index (χ1) is 13.3. The monoisotopic (exact) mass is 362 g/mol. The molecule has 0 atom stereocenters. The Labute approximate surface area is 160 Å². The van der Waals surface area contributed by atoms with Crippen LogP contribution in [-0.4, -0.2) is 30.2 Å². The second-order valence-corrected chi connectivity index (χ2v) is 6.28. The van der Waals surface area contributed by atoms with Crippen molar-refractivity contribution in [2.24, 2.45) is 0 Å². The molecule has 0 aliphatic carbocycles. The molecule has 0 bridgehead atoms. The summed E-state index contributed by atoms with van der Waals surface area (Å²) in [5.41, 5.74) is 4.22. The third kappa shape index (κ3) is 5.53. The Morgan fingerprint density at radius 2 is 1.74 bits per heavy atom. The first-order valence-corrected chi connectivity index (χ1v) is 9.31. The highest BCUT2D eigenvalue weighted by molar-refractivity contribution is 5.66. The summed E-state index contributed by atoms with van der Waals surface area (Å²) >= 11 is 0. The average Bonchev–Trinajstić information content (AvgIpc) is 2.72. The number of nitrogens with zero attached hydrogens (tertiary/aromatic N) is 2. The number of rotatable bonds is 9. The van der Waals surface area contributed by atoms with E-state index in [1.807, 2.05) is 24.3 Å². The van der Waals surface area contributed by atoms with Gasteiger partial charge in [0.2, 0.25) is 5.95 Å². The highest BCUT2D eigenvalue weighted by atomic mass is 16.5. The first kappa shape index (κ1) is 18.9. The van der Waals surface area contributed by atoms with Crippen molar-refractivity contribution in [1.29, 1.82) is 0 Å². The summed E-state index contributed by atoms with van der Waals surface area (Å²) in [7, 11) is 1.71. The highest BCUT2D eigenvalue weighted by Crippen LogP contribution is 2.23. The molecular formula is C22H26N4O. The van der Waals surface area contributed by atoms with Crippen LogP contribution in [0, 0.1) is 0 Å². The minimum atomic E-state index is 0.579. The molecule has 140 valence electrons. The lowest BCUT2D eigenvalue weighted by Crippen LogP contribution is -2.08. The number of hydrogen-bond acceptors (Lipinski definition) is 5. The highest BCUT2D eigenvalue weighted by Gasteiger charge is 2.07. The van der Waals surface area contributed by atoms with E-state index in [2.05, 4.69) is 58.9 Å². The fourth-order valence-electron chi connectivity index (χ4n) is 2.74. The quantitative estimate of drug-likeness (QED) is 0.530. The molecule has 2 aromatic carbocycles. The zero-order valence-electron chi connectivity index (χ0n) is 15.9. The number of ether oxygens (including phenoxy) is 1. The van der Waals surface area contributed by atoms with E-state index in [-0.39, 0.29) is 0 Å². The molecule has 0 aliphatic heterocycles. The number of hydrogen-bond donors (Lipinski definition) is 2. The Morgan fingerprint density at radius 3 is 2.44 bits per heavy atom. The van der Waals surface area contributed by atoms with Crippen LogP contribution in [0.5, 0.6) is 0 Å². The van der Waals surface area contributed by atoms with Crippen LogP contribution in [0.15, 0.2) is 60.7 Å². The van der Waals surface area contributed by atoms with Gasteiger partial charge in [-0.25, -0.2) is 4.98 Å². The molecule has 0 fully saturated rings. The Kier molecular flexibility index (Phi) is 6.77. The van der Waals surface area contributed by atoms with E-state index < -0.39 is 0 Å². The Morgan fingerprint density at radius 1 is 0.963 bits per heavy atom. The van der Waals surface area contributed by atoms with Crippen LogP contribution in [0.1, 0.15) is 18.9 Å². The molecule has 27 heavy (non-hydrogen) atoms. The molecule has 5 heteroatoms. The fraction of sp³-hybridized carbons (Fsp3) is 0.273. The predicted molar refractivity (Wildman–Crippen MR) is 112 cm³/mol. The molecule has 3 aromatic rings. The van der Waals surface area contributed by atoms with Crippen molar-refractivity contribution in [2.75, 3.05) is 30.9 Å². The smallest absolute Gasteiger partial charge is 0.229 e. The Hall–Kier alpha value is -2.92. The first-order valence-electron chi connectivity index (χ1n) is 9.31. The summed E-state index contributed by atoms with van der Waals surface area (Å²) in [4.78, 5) is 9.32. The van der Waals surface area contributed by atoms with Gasteiger partial charge in [0.1, 0.15) is 5.82 Å². The van der Waals surface area contributed by atoms with E-state index in [1.54, 1.807) is 7.11 Å². The molecule has 0 saturated heterocycles. The molecular weight excluding hydrogens is 336 g/mol. The van der Waals surface area contributed by atoms with Crippen LogP contribution in [0.2, 0.25) is 0 Å². The fourth-order valence-corrected chi connectivity index (χ4v) is 2.74. The van der Waals surface area contributed by atoms with Gasteiger partial charge in [-0.15, -0.1) is 0 Å². The van der Waals surface area contributed by atoms with Gasteiger partial charge in [-0.1, -0.05) is 49.4 Å². The van der Waals surface area contributed by atoms with Crippen LogP contribution in [0.3, 0.4) is 0 Å². The van der Waals surface area contributed by atoms with Gasteiger partial charge in [-0.3, -0.25) is 0 Å². The van der Waals surface area contributed by atoms with Gasteiger partial charge in [-0.2, -0.15) is 4.98 Å². The zero-order valence-corrected chi connectivity index (χ0v) is 15.9. The maximum Gasteiger partial charge on any atom is 0.229 e.